The Balaban J connectivity index is -0.00000000750. The summed E-state index contributed by atoms with van der Waals surface area (Å²) in [4.78, 5) is 9.00. The van der Waals surface area contributed by atoms with Gasteiger partial charge in [0.25, 0.3) is 5.97 Å². The predicted octanol–water partition coefficient (Wildman–Crippen LogP) is -7.11. The number of halogens is 2. The zero-order chi connectivity index (χ0) is 3.58. The van der Waals surface area contributed by atoms with E-state index in [-0.39, 0.29) is 68.0 Å². The maximum Gasteiger partial charge on any atom is 2.00 e. The van der Waals surface area contributed by atoms with Crippen molar-refractivity contribution in [2.75, 3.05) is 0 Å². The van der Waals surface area contributed by atoms with Gasteiger partial charge in [-0.05, 0) is 0 Å². The zero-order valence-corrected chi connectivity index (χ0v) is 8.04. The Labute approximate surface area is 90.0 Å². The van der Waals surface area contributed by atoms with E-state index in [4.69, 9.17) is 9.90 Å². The van der Waals surface area contributed by atoms with Crippen molar-refractivity contribution in [3.8, 4) is 0 Å². The van der Waals surface area contributed by atoms with Crippen LogP contribution in [0.1, 0.15) is 6.92 Å². The molecule has 0 saturated heterocycles. The normalized spacial score (nSPS) is 3.12. The molecule has 0 fully saturated rings. The van der Waals surface area contributed by atoms with E-state index in [0.29, 0.717) is 0 Å². The second-order valence-corrected chi connectivity index (χ2v) is 0.519. The summed E-state index contributed by atoms with van der Waals surface area (Å²) in [6.45, 7) is 1.08. The van der Waals surface area contributed by atoms with Crippen LogP contribution in [0.15, 0.2) is 0 Å². The molecule has 3 N–H and O–H groups in total. The predicted molar refractivity (Wildman–Crippen MR) is 22.7 cm³/mol. The van der Waals surface area contributed by atoms with E-state index in [0.717, 1.165) is 6.92 Å². The molecule has 0 aromatic rings. The minimum Gasteiger partial charge on any atom is -1.00 e. The van der Waals surface area contributed by atoms with Crippen LogP contribution in [0.4, 0.5) is 0 Å². The number of carboxylic acids is 1. The molecule has 0 saturated carbocycles. The van der Waals surface area contributed by atoms with Crippen molar-refractivity contribution < 1.29 is 40.2 Å². The molecule has 0 unspecified atom stereocenters. The molecule has 6 heteroatoms. The van der Waals surface area contributed by atoms with Crippen LogP contribution >= 0.6 is 0 Å². The van der Waals surface area contributed by atoms with Gasteiger partial charge in [0.05, 0.1) is 0 Å². The molecule has 48 valence electrons. The Morgan fingerprint density at radius 2 is 1.38 bits per heavy atom. The van der Waals surface area contributed by atoms with E-state index < -0.39 is 5.97 Å². The molecule has 8 heavy (non-hydrogen) atoms. The van der Waals surface area contributed by atoms with Gasteiger partial charge in [-0.3, -0.25) is 4.79 Å². The summed E-state index contributed by atoms with van der Waals surface area (Å²) < 4.78 is 0. The molecule has 0 aliphatic carbocycles. The molecule has 0 aliphatic rings. The number of hydrogen-bond acceptors (Lipinski definition) is 1. The first-order chi connectivity index (χ1) is 1.73. The summed E-state index contributed by atoms with van der Waals surface area (Å²) in [6.07, 6.45) is 0. The van der Waals surface area contributed by atoms with Gasteiger partial charge in [0.1, 0.15) is 0 Å². The summed E-state index contributed by atoms with van der Waals surface area (Å²) in [7, 11) is 0. The Morgan fingerprint density at radius 3 is 1.38 bits per heavy atom. The fraction of sp³-hybridized carbons (Fsp3) is 0.500. The van der Waals surface area contributed by atoms with Crippen LogP contribution in [-0.2, 0) is 4.79 Å². The second-order valence-electron chi connectivity index (χ2n) is 0.519. The Hall–Kier alpha value is 1.27. The maximum atomic E-state index is 9.00. The minimum absolute atomic E-state index is 0. The Kier molecular flexibility index (Phi) is 104. The van der Waals surface area contributed by atoms with Crippen molar-refractivity contribution in [2.45, 2.75) is 6.92 Å². The second kappa shape index (κ2) is 24.0. The molecule has 0 bridgehead atoms. The maximum absolute atomic E-state index is 9.00. The van der Waals surface area contributed by atoms with Crippen LogP contribution in [0.2, 0.25) is 0 Å². The summed E-state index contributed by atoms with van der Waals surface area (Å²) in [5.74, 6) is -0.833. The molecule has 3 nitrogen and oxygen atoms in total. The van der Waals surface area contributed by atoms with Crippen molar-refractivity contribution >= 4 is 43.7 Å². The number of carboxylic acid groups (broad SMARTS) is 1. The molecule has 0 rings (SSSR count). The van der Waals surface area contributed by atoms with E-state index in [9.17, 15) is 0 Å². The van der Waals surface area contributed by atoms with Gasteiger partial charge in [-0.25, -0.2) is 0 Å². The molecule has 0 spiro atoms. The first kappa shape index (κ1) is 34.8. The number of carbonyl (C=O) groups is 1. The van der Waals surface area contributed by atoms with Crippen molar-refractivity contribution in [3.05, 3.63) is 0 Å². The first-order valence-corrected chi connectivity index (χ1v) is 0.928. The molecular weight excluding hydrogens is 183 g/mol. The van der Waals surface area contributed by atoms with E-state index in [1.54, 1.807) is 0 Å². The average Bonchev–Trinajstić information content (AvgIpc) is 0.811. The first-order valence-electron chi connectivity index (χ1n) is 0.928. The molecule has 0 atom stereocenters. The average molecular weight is 189 g/mol. The summed E-state index contributed by atoms with van der Waals surface area (Å²) in [5, 5.41) is 7.42. The number of hydrogen-bond donors (Lipinski definition) is 1. The van der Waals surface area contributed by atoms with Crippen LogP contribution in [0.25, 0.3) is 0 Å². The Bertz CT molecular complexity index is 38.3. The monoisotopic (exact) mass is 188 g/mol. The van der Waals surface area contributed by atoms with Gasteiger partial charge >= 0.3 is 37.7 Å². The molecule has 0 amide bonds. The van der Waals surface area contributed by atoms with E-state index in [1.165, 1.54) is 0 Å². The third-order valence-electron chi connectivity index (χ3n) is 0. The van der Waals surface area contributed by atoms with E-state index in [1.807, 2.05) is 0 Å². The van der Waals surface area contributed by atoms with Crippen molar-refractivity contribution in [2.24, 2.45) is 0 Å². The standard InChI is InChI=1S/C2H4O2.Ca.2ClH.H2O/c1-2(3)4;;;;/h1H3,(H,3,4);;2*1H;1H2/q;+2;;;/p-2. The van der Waals surface area contributed by atoms with Crippen molar-refractivity contribution in [1.29, 1.82) is 0 Å². The van der Waals surface area contributed by atoms with Gasteiger partial charge in [-0.15, -0.1) is 0 Å². The van der Waals surface area contributed by atoms with Gasteiger partial charge in [0.2, 0.25) is 0 Å². The topological polar surface area (TPSA) is 68.8 Å². The van der Waals surface area contributed by atoms with Crippen LogP contribution in [-0.4, -0.2) is 54.3 Å². The van der Waals surface area contributed by atoms with Gasteiger partial charge in [0, 0.05) is 6.92 Å². The van der Waals surface area contributed by atoms with Crippen molar-refractivity contribution in [3.63, 3.8) is 0 Å². The van der Waals surface area contributed by atoms with Crippen LogP contribution in [0.5, 0.6) is 0 Å². The van der Waals surface area contributed by atoms with E-state index >= 15 is 0 Å². The van der Waals surface area contributed by atoms with E-state index in [2.05, 4.69) is 0 Å². The minimum atomic E-state index is -0.833. The zero-order valence-electron chi connectivity index (χ0n) is 4.32. The van der Waals surface area contributed by atoms with Gasteiger partial charge in [-0.1, -0.05) is 0 Å². The largest absolute Gasteiger partial charge is 2.00 e. The molecule has 0 aromatic heterocycles. The fourth-order valence-electron chi connectivity index (χ4n) is 0. The summed E-state index contributed by atoms with van der Waals surface area (Å²) in [5.41, 5.74) is 0. The van der Waals surface area contributed by atoms with Crippen LogP contribution < -0.4 is 24.8 Å². The van der Waals surface area contributed by atoms with Crippen molar-refractivity contribution in [1.82, 2.24) is 0 Å². The quantitative estimate of drug-likeness (QED) is 0.385. The third kappa shape index (κ3) is 177. The summed E-state index contributed by atoms with van der Waals surface area (Å²) >= 11 is 0. The SMILES string of the molecule is CC(=O)O.O.[Ca+2].[Cl-].[Cl-]. The number of rotatable bonds is 0. The molecule has 0 heterocycles. The van der Waals surface area contributed by atoms with Crippen LogP contribution in [0, 0.1) is 0 Å². The molecular formula is C2H6CaCl2O3. The van der Waals surface area contributed by atoms with Gasteiger partial charge < -0.3 is 35.4 Å². The molecule has 0 aromatic carbocycles. The van der Waals surface area contributed by atoms with Gasteiger partial charge in [0.15, 0.2) is 0 Å². The fourth-order valence-corrected chi connectivity index (χ4v) is 0. The summed E-state index contributed by atoms with van der Waals surface area (Å²) in [6, 6.07) is 0. The third-order valence-corrected chi connectivity index (χ3v) is 0. The van der Waals surface area contributed by atoms with Crippen LogP contribution in [0.3, 0.4) is 0 Å². The number of aliphatic carboxylic acids is 1. The van der Waals surface area contributed by atoms with Gasteiger partial charge in [-0.2, -0.15) is 0 Å². The Morgan fingerprint density at radius 1 is 1.38 bits per heavy atom. The molecule has 0 aliphatic heterocycles. The smallest absolute Gasteiger partial charge is 1.00 e. The molecule has 0 radical (unpaired) electrons.